The van der Waals surface area contributed by atoms with Gasteiger partial charge in [0.15, 0.2) is 6.61 Å². The molecule has 27 heavy (non-hydrogen) atoms. The predicted octanol–water partition coefficient (Wildman–Crippen LogP) is 5.07. The number of amides is 1. The molecule has 3 aromatic rings. The van der Waals surface area contributed by atoms with Gasteiger partial charge in [0.25, 0.3) is 5.91 Å². The maximum Gasteiger partial charge on any atom is 0.262 e. The first kappa shape index (κ1) is 19.3. The lowest BCUT2D eigenvalue weighted by Gasteiger charge is -2.10. The van der Waals surface area contributed by atoms with Crippen molar-refractivity contribution in [2.45, 2.75) is 13.5 Å². The molecule has 2 N–H and O–H groups in total. The van der Waals surface area contributed by atoms with Crippen LogP contribution in [0.4, 0.5) is 5.69 Å². The zero-order valence-corrected chi connectivity index (χ0v) is 16.0. The monoisotopic (exact) mass is 405 g/mol. The highest BCUT2D eigenvalue weighted by atomic mass is 35.5. The molecule has 2 aromatic carbocycles. The van der Waals surface area contributed by atoms with Crippen molar-refractivity contribution in [1.82, 2.24) is 0 Å². The van der Waals surface area contributed by atoms with Crippen molar-refractivity contribution in [2.75, 3.05) is 11.9 Å². The summed E-state index contributed by atoms with van der Waals surface area (Å²) in [4.78, 5) is 12.1. The second kappa shape index (κ2) is 8.48. The molecule has 1 aromatic heterocycles. The number of nitrogens with one attached hydrogen (secondary N) is 1. The van der Waals surface area contributed by atoms with Crippen LogP contribution < -0.4 is 10.1 Å². The quantitative estimate of drug-likeness (QED) is 0.600. The number of rotatable bonds is 6. The fourth-order valence-electron chi connectivity index (χ4n) is 2.45. The Morgan fingerprint density at radius 2 is 1.93 bits per heavy atom. The molecule has 0 unspecified atom stereocenters. The lowest BCUT2D eigenvalue weighted by atomic mass is 10.1. The molecule has 0 aliphatic rings. The number of halogens is 2. The molecule has 140 valence electrons. The molecule has 3 rings (SSSR count). The summed E-state index contributed by atoms with van der Waals surface area (Å²) in [7, 11) is 0. The van der Waals surface area contributed by atoms with Crippen LogP contribution in [-0.4, -0.2) is 17.6 Å². The zero-order chi connectivity index (χ0) is 19.4. The topological polar surface area (TPSA) is 71.7 Å². The summed E-state index contributed by atoms with van der Waals surface area (Å²) >= 11 is 12.3. The number of hydrogen-bond donors (Lipinski definition) is 2. The average Bonchev–Trinajstić information content (AvgIpc) is 3.12. The fourth-order valence-corrected chi connectivity index (χ4v) is 2.84. The van der Waals surface area contributed by atoms with Gasteiger partial charge in [0, 0.05) is 16.3 Å². The minimum Gasteiger partial charge on any atom is -0.484 e. The van der Waals surface area contributed by atoms with E-state index in [2.05, 4.69) is 5.32 Å². The van der Waals surface area contributed by atoms with Crippen molar-refractivity contribution >= 4 is 34.8 Å². The van der Waals surface area contributed by atoms with Gasteiger partial charge >= 0.3 is 0 Å². The Kier molecular flexibility index (Phi) is 6.06. The molecular weight excluding hydrogens is 389 g/mol. The number of furan rings is 1. The number of aliphatic hydroxyl groups excluding tert-OH is 1. The van der Waals surface area contributed by atoms with Gasteiger partial charge in [0.1, 0.15) is 23.9 Å². The van der Waals surface area contributed by atoms with Crippen LogP contribution in [0.5, 0.6) is 5.75 Å². The minimum atomic E-state index is -0.313. The number of aryl methyl sites for hydroxylation is 1. The van der Waals surface area contributed by atoms with Gasteiger partial charge in [0.2, 0.25) is 0 Å². The summed E-state index contributed by atoms with van der Waals surface area (Å²) < 4.78 is 10.9. The van der Waals surface area contributed by atoms with E-state index in [0.29, 0.717) is 38.6 Å². The van der Waals surface area contributed by atoms with E-state index in [4.69, 9.17) is 37.5 Å². The number of hydrogen-bond acceptors (Lipinski definition) is 4. The maximum absolute atomic E-state index is 12.1. The van der Waals surface area contributed by atoms with Gasteiger partial charge in [0.05, 0.1) is 5.02 Å². The fraction of sp³-hybridized carbons (Fsp3) is 0.150. The molecule has 0 saturated heterocycles. The molecule has 0 radical (unpaired) electrons. The van der Waals surface area contributed by atoms with E-state index in [0.717, 1.165) is 5.56 Å². The lowest BCUT2D eigenvalue weighted by Crippen LogP contribution is -2.20. The van der Waals surface area contributed by atoms with Gasteiger partial charge in [-0.05, 0) is 61.0 Å². The molecule has 0 aliphatic heterocycles. The van der Waals surface area contributed by atoms with E-state index < -0.39 is 0 Å². The first-order chi connectivity index (χ1) is 13.0. The van der Waals surface area contributed by atoms with Crippen molar-refractivity contribution in [3.63, 3.8) is 0 Å². The smallest absolute Gasteiger partial charge is 0.262 e. The van der Waals surface area contributed by atoms with Crippen LogP contribution in [0.2, 0.25) is 10.0 Å². The Morgan fingerprint density at radius 1 is 1.11 bits per heavy atom. The molecule has 7 heteroatoms. The number of carbonyl (C=O) groups excluding carboxylic acids is 1. The summed E-state index contributed by atoms with van der Waals surface area (Å²) in [6.45, 7) is 1.54. The number of carbonyl (C=O) groups is 1. The Bertz CT molecular complexity index is 968. The Morgan fingerprint density at radius 3 is 2.59 bits per heavy atom. The van der Waals surface area contributed by atoms with Crippen molar-refractivity contribution in [1.29, 1.82) is 0 Å². The average molecular weight is 406 g/mol. The second-order valence-corrected chi connectivity index (χ2v) is 6.68. The molecule has 0 saturated carbocycles. The maximum atomic E-state index is 12.1. The summed E-state index contributed by atoms with van der Waals surface area (Å²) in [5.41, 5.74) is 2.08. The Balaban J connectivity index is 1.62. The molecule has 0 fully saturated rings. The highest BCUT2D eigenvalue weighted by Gasteiger charge is 2.11. The van der Waals surface area contributed by atoms with Gasteiger partial charge in [-0.3, -0.25) is 4.79 Å². The van der Waals surface area contributed by atoms with Crippen molar-refractivity contribution < 1.29 is 19.1 Å². The zero-order valence-electron chi connectivity index (χ0n) is 14.5. The predicted molar refractivity (Wildman–Crippen MR) is 105 cm³/mol. The van der Waals surface area contributed by atoms with Crippen LogP contribution in [0, 0.1) is 6.92 Å². The first-order valence-electron chi connectivity index (χ1n) is 8.14. The highest BCUT2D eigenvalue weighted by Crippen LogP contribution is 2.31. The lowest BCUT2D eigenvalue weighted by molar-refractivity contribution is -0.118. The van der Waals surface area contributed by atoms with Crippen LogP contribution in [0.25, 0.3) is 11.3 Å². The van der Waals surface area contributed by atoms with Gasteiger partial charge in [-0.2, -0.15) is 0 Å². The van der Waals surface area contributed by atoms with E-state index in [1.807, 2.05) is 6.92 Å². The minimum absolute atomic E-state index is 0.140. The van der Waals surface area contributed by atoms with Gasteiger partial charge in [-0.15, -0.1) is 0 Å². The van der Waals surface area contributed by atoms with E-state index in [9.17, 15) is 4.79 Å². The largest absolute Gasteiger partial charge is 0.484 e. The van der Waals surface area contributed by atoms with Crippen LogP contribution in [0.3, 0.4) is 0 Å². The molecule has 5 nitrogen and oxygen atoms in total. The number of anilines is 1. The van der Waals surface area contributed by atoms with E-state index in [1.54, 1.807) is 48.5 Å². The molecule has 1 heterocycles. The third-order valence-corrected chi connectivity index (χ3v) is 4.57. The third kappa shape index (κ3) is 4.83. The van der Waals surface area contributed by atoms with E-state index in [1.165, 1.54) is 0 Å². The summed E-state index contributed by atoms with van der Waals surface area (Å²) in [5, 5.41) is 12.9. The normalized spacial score (nSPS) is 10.7. The SMILES string of the molecule is Cc1cc(OCC(=O)Nc2ccc(-c3ccc(CO)o3)c(Cl)c2)ccc1Cl. The number of benzene rings is 2. The molecular formula is C20H17Cl2NO4. The number of ether oxygens (including phenoxy) is 1. The summed E-state index contributed by atoms with van der Waals surface area (Å²) in [6, 6.07) is 13.7. The van der Waals surface area contributed by atoms with Gasteiger partial charge < -0.3 is 19.6 Å². The van der Waals surface area contributed by atoms with E-state index >= 15 is 0 Å². The van der Waals surface area contributed by atoms with Gasteiger partial charge in [-0.1, -0.05) is 23.2 Å². The van der Waals surface area contributed by atoms with Crippen LogP contribution >= 0.6 is 23.2 Å². The molecule has 0 bridgehead atoms. The molecule has 1 amide bonds. The Labute approximate surface area is 166 Å². The summed E-state index contributed by atoms with van der Waals surface area (Å²) in [5.74, 6) is 1.25. The molecule has 0 atom stereocenters. The Hall–Kier alpha value is -2.47. The van der Waals surface area contributed by atoms with Gasteiger partial charge in [-0.25, -0.2) is 0 Å². The van der Waals surface area contributed by atoms with E-state index in [-0.39, 0.29) is 19.1 Å². The highest BCUT2D eigenvalue weighted by molar-refractivity contribution is 6.33. The standard InChI is InChI=1S/C20H17Cl2NO4/c1-12-8-14(3-6-17(12)21)26-11-20(25)23-13-2-5-16(18(22)9-13)19-7-4-15(10-24)27-19/h2-9,24H,10-11H2,1H3,(H,23,25). The third-order valence-electron chi connectivity index (χ3n) is 3.84. The van der Waals surface area contributed by atoms with Crippen molar-refractivity contribution in [3.8, 4) is 17.1 Å². The van der Waals surface area contributed by atoms with Crippen molar-refractivity contribution in [2.24, 2.45) is 0 Å². The molecule has 0 aliphatic carbocycles. The number of aliphatic hydroxyl groups is 1. The summed E-state index contributed by atoms with van der Waals surface area (Å²) in [6.07, 6.45) is 0. The first-order valence-corrected chi connectivity index (χ1v) is 8.90. The second-order valence-electron chi connectivity index (χ2n) is 5.87. The van der Waals surface area contributed by atoms with Crippen molar-refractivity contribution in [3.05, 3.63) is 69.9 Å². The molecule has 0 spiro atoms. The van der Waals surface area contributed by atoms with Crippen LogP contribution in [0.15, 0.2) is 52.9 Å². The van der Waals surface area contributed by atoms with Crippen LogP contribution in [-0.2, 0) is 11.4 Å². The van der Waals surface area contributed by atoms with Crippen LogP contribution in [0.1, 0.15) is 11.3 Å².